The van der Waals surface area contributed by atoms with Gasteiger partial charge >= 0.3 is 5.69 Å². The molecule has 0 saturated carbocycles. The second kappa shape index (κ2) is 5.99. The van der Waals surface area contributed by atoms with E-state index < -0.39 is 5.69 Å². The first-order valence-electron chi connectivity index (χ1n) is 6.12. The molecule has 6 heteroatoms. The van der Waals surface area contributed by atoms with E-state index in [9.17, 15) is 4.79 Å². The predicted octanol–water partition coefficient (Wildman–Crippen LogP) is 2.01. The maximum atomic E-state index is 11.1. The van der Waals surface area contributed by atoms with Gasteiger partial charge in [-0.3, -0.25) is 0 Å². The Kier molecular flexibility index (Phi) is 4.12. The molecule has 0 aliphatic heterocycles. The van der Waals surface area contributed by atoms with Crippen LogP contribution < -0.4 is 15.7 Å². The Bertz CT molecular complexity index is 610. The van der Waals surface area contributed by atoms with Gasteiger partial charge in [0, 0.05) is 11.8 Å². The maximum Gasteiger partial charge on any atom is 0.363 e. The summed E-state index contributed by atoms with van der Waals surface area (Å²) < 4.78 is 5.54. The molecule has 1 aromatic carbocycles. The second-order valence-corrected chi connectivity index (χ2v) is 4.08. The zero-order valence-corrected chi connectivity index (χ0v) is 10.9. The Morgan fingerprint density at radius 1 is 1.42 bits per heavy atom. The number of rotatable bonds is 5. The van der Waals surface area contributed by atoms with Gasteiger partial charge in [-0.2, -0.15) is 10.1 Å². The number of aromatic amines is 1. The molecule has 0 radical (unpaired) electrons. The molecule has 2 aromatic rings. The molecule has 2 N–H and O–H groups in total. The van der Waals surface area contributed by atoms with Crippen LogP contribution in [0.25, 0.3) is 0 Å². The van der Waals surface area contributed by atoms with E-state index in [-0.39, 0.29) is 0 Å². The first-order valence-corrected chi connectivity index (χ1v) is 6.12. The molecule has 1 aromatic heterocycles. The first-order chi connectivity index (χ1) is 9.19. The lowest BCUT2D eigenvalue weighted by Gasteiger charge is -2.09. The molecule has 0 atom stereocenters. The number of hydrogen-bond acceptors (Lipinski definition) is 5. The normalized spacial score (nSPS) is 10.2. The van der Waals surface area contributed by atoms with Crippen LogP contribution in [0.5, 0.6) is 5.75 Å². The second-order valence-electron chi connectivity index (χ2n) is 4.08. The van der Waals surface area contributed by atoms with Gasteiger partial charge in [-0.05, 0) is 25.5 Å². The third-order valence-electron chi connectivity index (χ3n) is 2.44. The third kappa shape index (κ3) is 3.54. The molecular weight excluding hydrogens is 244 g/mol. The van der Waals surface area contributed by atoms with Crippen LogP contribution in [0.1, 0.15) is 19.0 Å². The fourth-order valence-electron chi connectivity index (χ4n) is 1.53. The van der Waals surface area contributed by atoms with Crippen molar-refractivity contribution in [1.82, 2.24) is 15.2 Å². The highest BCUT2D eigenvalue weighted by Crippen LogP contribution is 2.21. The number of anilines is 2. The summed E-state index contributed by atoms with van der Waals surface area (Å²) in [5.41, 5.74) is 0.947. The van der Waals surface area contributed by atoms with Crippen molar-refractivity contribution in [3.8, 4) is 5.75 Å². The van der Waals surface area contributed by atoms with E-state index in [1.807, 2.05) is 24.3 Å². The molecular formula is C13H16N4O2. The SMILES string of the molecule is CCCOc1cccc(Nc2nc(=O)[nH]nc2C)c1. The van der Waals surface area contributed by atoms with Gasteiger partial charge in [0.15, 0.2) is 5.82 Å². The average Bonchev–Trinajstić information content (AvgIpc) is 2.41. The van der Waals surface area contributed by atoms with Crippen LogP contribution in [0, 0.1) is 6.92 Å². The fourth-order valence-corrected chi connectivity index (χ4v) is 1.53. The van der Waals surface area contributed by atoms with Gasteiger partial charge in [0.05, 0.1) is 6.61 Å². The highest BCUT2D eigenvalue weighted by Gasteiger charge is 2.04. The minimum absolute atomic E-state index is 0.441. The lowest BCUT2D eigenvalue weighted by Crippen LogP contribution is -2.15. The van der Waals surface area contributed by atoms with E-state index in [2.05, 4.69) is 27.4 Å². The lowest BCUT2D eigenvalue weighted by molar-refractivity contribution is 0.317. The highest BCUT2D eigenvalue weighted by molar-refractivity contribution is 5.59. The highest BCUT2D eigenvalue weighted by atomic mass is 16.5. The number of ether oxygens (including phenoxy) is 1. The van der Waals surface area contributed by atoms with Crippen molar-refractivity contribution < 1.29 is 4.74 Å². The van der Waals surface area contributed by atoms with E-state index in [1.54, 1.807) is 6.92 Å². The quantitative estimate of drug-likeness (QED) is 0.859. The molecule has 0 spiro atoms. The molecule has 0 unspecified atom stereocenters. The largest absolute Gasteiger partial charge is 0.494 e. The first kappa shape index (κ1) is 13.1. The zero-order chi connectivity index (χ0) is 13.7. The van der Waals surface area contributed by atoms with E-state index in [0.29, 0.717) is 18.1 Å². The Morgan fingerprint density at radius 3 is 3.05 bits per heavy atom. The summed E-state index contributed by atoms with van der Waals surface area (Å²) in [5, 5.41) is 9.19. The lowest BCUT2D eigenvalue weighted by atomic mass is 10.3. The smallest absolute Gasteiger partial charge is 0.363 e. The van der Waals surface area contributed by atoms with Gasteiger partial charge in [-0.1, -0.05) is 13.0 Å². The molecule has 0 fully saturated rings. The number of aryl methyl sites for hydroxylation is 1. The third-order valence-corrected chi connectivity index (χ3v) is 2.44. The Balaban J connectivity index is 2.18. The molecule has 0 bridgehead atoms. The van der Waals surface area contributed by atoms with Crippen molar-refractivity contribution in [2.75, 3.05) is 11.9 Å². The van der Waals surface area contributed by atoms with Crippen molar-refractivity contribution in [2.24, 2.45) is 0 Å². The molecule has 2 rings (SSSR count). The number of hydrogen-bond donors (Lipinski definition) is 2. The van der Waals surface area contributed by atoms with Crippen molar-refractivity contribution in [3.05, 3.63) is 40.4 Å². The molecule has 0 aliphatic rings. The van der Waals surface area contributed by atoms with Crippen LogP contribution >= 0.6 is 0 Å². The zero-order valence-electron chi connectivity index (χ0n) is 10.9. The van der Waals surface area contributed by atoms with Crippen LogP contribution in [0.4, 0.5) is 11.5 Å². The van der Waals surface area contributed by atoms with Crippen LogP contribution in [0.15, 0.2) is 29.1 Å². The van der Waals surface area contributed by atoms with Gasteiger partial charge in [0.1, 0.15) is 11.4 Å². The van der Waals surface area contributed by atoms with Crippen LogP contribution in [0.3, 0.4) is 0 Å². The van der Waals surface area contributed by atoms with E-state index >= 15 is 0 Å². The molecule has 0 saturated heterocycles. The minimum Gasteiger partial charge on any atom is -0.494 e. The summed E-state index contributed by atoms with van der Waals surface area (Å²) >= 11 is 0. The summed E-state index contributed by atoms with van der Waals surface area (Å²) in [6, 6.07) is 7.50. The number of H-pyrrole nitrogens is 1. The number of nitrogens with zero attached hydrogens (tertiary/aromatic N) is 2. The fraction of sp³-hybridized carbons (Fsp3) is 0.308. The van der Waals surface area contributed by atoms with Gasteiger partial charge in [-0.25, -0.2) is 9.89 Å². The van der Waals surface area contributed by atoms with Crippen LogP contribution in [-0.2, 0) is 0 Å². The summed E-state index contributed by atoms with van der Waals surface area (Å²) in [5.74, 6) is 1.22. The van der Waals surface area contributed by atoms with Crippen LogP contribution in [0.2, 0.25) is 0 Å². The monoisotopic (exact) mass is 260 g/mol. The van der Waals surface area contributed by atoms with Crippen molar-refractivity contribution >= 4 is 11.5 Å². The summed E-state index contributed by atoms with van der Waals surface area (Å²) in [6.07, 6.45) is 0.955. The Hall–Kier alpha value is -2.37. The van der Waals surface area contributed by atoms with Crippen molar-refractivity contribution in [1.29, 1.82) is 0 Å². The maximum absolute atomic E-state index is 11.1. The molecule has 100 valence electrons. The van der Waals surface area contributed by atoms with Gasteiger partial charge in [0.2, 0.25) is 0 Å². The number of aromatic nitrogens is 3. The van der Waals surface area contributed by atoms with E-state index in [1.165, 1.54) is 0 Å². The number of nitrogens with one attached hydrogen (secondary N) is 2. The van der Waals surface area contributed by atoms with Crippen molar-refractivity contribution in [2.45, 2.75) is 20.3 Å². The number of benzene rings is 1. The van der Waals surface area contributed by atoms with Crippen LogP contribution in [-0.4, -0.2) is 21.8 Å². The summed E-state index contributed by atoms with van der Waals surface area (Å²) in [4.78, 5) is 15.0. The molecule has 19 heavy (non-hydrogen) atoms. The van der Waals surface area contributed by atoms with Crippen molar-refractivity contribution in [3.63, 3.8) is 0 Å². The summed E-state index contributed by atoms with van der Waals surface area (Å²) in [7, 11) is 0. The van der Waals surface area contributed by atoms with E-state index in [0.717, 1.165) is 17.9 Å². The average molecular weight is 260 g/mol. The van der Waals surface area contributed by atoms with Gasteiger partial charge in [0.25, 0.3) is 0 Å². The molecule has 6 nitrogen and oxygen atoms in total. The Labute approximate surface area is 110 Å². The standard InChI is InChI=1S/C13H16N4O2/c1-3-7-19-11-6-4-5-10(8-11)14-12-9(2)16-17-13(18)15-12/h4-6,8H,3,7H2,1-2H3,(H2,14,15,17,18). The molecule has 0 aliphatic carbocycles. The molecule has 1 heterocycles. The molecule has 0 amide bonds. The van der Waals surface area contributed by atoms with Gasteiger partial charge in [-0.15, -0.1) is 0 Å². The topological polar surface area (TPSA) is 79.9 Å². The minimum atomic E-state index is -0.480. The Morgan fingerprint density at radius 2 is 2.26 bits per heavy atom. The van der Waals surface area contributed by atoms with Gasteiger partial charge < -0.3 is 10.1 Å². The predicted molar refractivity (Wildman–Crippen MR) is 72.9 cm³/mol. The van der Waals surface area contributed by atoms with E-state index in [4.69, 9.17) is 4.74 Å². The summed E-state index contributed by atoms with van der Waals surface area (Å²) in [6.45, 7) is 4.49.